The van der Waals surface area contributed by atoms with Crippen LogP contribution in [0.1, 0.15) is 0 Å². The molecule has 0 atom stereocenters. The Labute approximate surface area is 114 Å². The van der Waals surface area contributed by atoms with Crippen LogP contribution in [0.15, 0.2) is 56.7 Å². The smallest absolute Gasteiger partial charge is 0.209 e. The van der Waals surface area contributed by atoms with Crippen LogP contribution in [0.4, 0.5) is 11.4 Å². The number of hydrogen-bond donors (Lipinski definition) is 2. The fourth-order valence-corrected chi connectivity index (χ4v) is 3.95. The molecular formula is C12H11BrN2O2S. The molecule has 6 heteroatoms. The Balaban J connectivity index is 2.66. The van der Waals surface area contributed by atoms with Crippen molar-refractivity contribution in [2.75, 3.05) is 11.5 Å². The van der Waals surface area contributed by atoms with E-state index >= 15 is 0 Å². The lowest BCUT2D eigenvalue weighted by Gasteiger charge is -2.09. The van der Waals surface area contributed by atoms with Crippen LogP contribution in [-0.4, -0.2) is 8.42 Å². The van der Waals surface area contributed by atoms with E-state index in [2.05, 4.69) is 15.9 Å². The quantitative estimate of drug-likeness (QED) is 0.830. The van der Waals surface area contributed by atoms with E-state index in [0.29, 0.717) is 10.2 Å². The summed E-state index contributed by atoms with van der Waals surface area (Å²) in [5.74, 6) is 0. The largest absolute Gasteiger partial charge is 0.399 e. The van der Waals surface area contributed by atoms with E-state index in [1.807, 2.05) is 0 Å². The number of rotatable bonds is 2. The van der Waals surface area contributed by atoms with Crippen molar-refractivity contribution >= 4 is 37.1 Å². The van der Waals surface area contributed by atoms with Crippen molar-refractivity contribution in [2.24, 2.45) is 0 Å². The summed E-state index contributed by atoms with van der Waals surface area (Å²) in [5, 5.41) is 0. The Kier molecular flexibility index (Phi) is 3.32. The Bertz CT molecular complexity index is 699. The molecule has 0 unspecified atom stereocenters. The molecule has 94 valence electrons. The van der Waals surface area contributed by atoms with Gasteiger partial charge in [0, 0.05) is 10.2 Å². The van der Waals surface area contributed by atoms with Gasteiger partial charge in [-0.25, -0.2) is 8.42 Å². The molecule has 0 radical (unpaired) electrons. The third-order valence-corrected chi connectivity index (χ3v) is 5.29. The van der Waals surface area contributed by atoms with Crippen LogP contribution < -0.4 is 11.5 Å². The average Bonchev–Trinajstić information content (AvgIpc) is 2.28. The lowest BCUT2D eigenvalue weighted by molar-refractivity contribution is 0.596. The summed E-state index contributed by atoms with van der Waals surface area (Å²) in [6.45, 7) is 0. The Morgan fingerprint density at radius 3 is 2.22 bits per heavy atom. The van der Waals surface area contributed by atoms with E-state index < -0.39 is 9.84 Å². The minimum Gasteiger partial charge on any atom is -0.399 e. The molecule has 0 aliphatic rings. The van der Waals surface area contributed by atoms with Crippen LogP contribution in [0.25, 0.3) is 0 Å². The summed E-state index contributed by atoms with van der Waals surface area (Å²) in [6, 6.07) is 11.0. The van der Waals surface area contributed by atoms with Gasteiger partial charge in [-0.2, -0.15) is 0 Å². The van der Waals surface area contributed by atoms with Crippen molar-refractivity contribution in [2.45, 2.75) is 9.79 Å². The highest BCUT2D eigenvalue weighted by atomic mass is 79.9. The Hall–Kier alpha value is -1.53. The standard InChI is InChI=1S/C12H11BrN2O2S/c13-9-3-1-2-4-11(9)18(16,17)12-6-5-8(14)7-10(12)15/h1-7H,14-15H2. The molecule has 0 aliphatic carbocycles. The molecule has 2 aromatic rings. The fourth-order valence-electron chi connectivity index (χ4n) is 1.59. The SMILES string of the molecule is Nc1ccc(S(=O)(=O)c2ccccc2Br)c(N)c1. The topological polar surface area (TPSA) is 86.2 Å². The second kappa shape index (κ2) is 4.62. The first-order valence-electron chi connectivity index (χ1n) is 5.07. The molecule has 0 heterocycles. The average molecular weight is 327 g/mol. The summed E-state index contributed by atoms with van der Waals surface area (Å²) in [4.78, 5) is 0.241. The minimum absolute atomic E-state index is 0.0589. The summed E-state index contributed by atoms with van der Waals surface area (Å²) >= 11 is 3.22. The van der Waals surface area contributed by atoms with Gasteiger partial charge in [-0.05, 0) is 46.3 Å². The first-order valence-corrected chi connectivity index (χ1v) is 7.35. The normalized spacial score (nSPS) is 11.4. The zero-order chi connectivity index (χ0) is 13.3. The van der Waals surface area contributed by atoms with Gasteiger partial charge in [0.2, 0.25) is 9.84 Å². The van der Waals surface area contributed by atoms with Crippen molar-refractivity contribution in [3.8, 4) is 0 Å². The molecule has 0 spiro atoms. The molecule has 4 nitrogen and oxygen atoms in total. The van der Waals surface area contributed by atoms with Gasteiger partial charge in [-0.15, -0.1) is 0 Å². The number of hydrogen-bond acceptors (Lipinski definition) is 4. The molecule has 0 bridgehead atoms. The van der Waals surface area contributed by atoms with Gasteiger partial charge in [0.15, 0.2) is 0 Å². The van der Waals surface area contributed by atoms with Crippen molar-refractivity contribution in [1.82, 2.24) is 0 Å². The minimum atomic E-state index is -3.64. The molecule has 4 N–H and O–H groups in total. The second-order valence-electron chi connectivity index (χ2n) is 3.73. The van der Waals surface area contributed by atoms with Crippen LogP contribution in [0, 0.1) is 0 Å². The van der Waals surface area contributed by atoms with Crippen LogP contribution in [0.3, 0.4) is 0 Å². The summed E-state index contributed by atoms with van der Waals surface area (Å²) in [5.41, 5.74) is 11.8. The monoisotopic (exact) mass is 326 g/mol. The zero-order valence-corrected chi connectivity index (χ0v) is 11.7. The van der Waals surface area contributed by atoms with Gasteiger partial charge in [0.1, 0.15) is 0 Å². The fraction of sp³-hybridized carbons (Fsp3) is 0. The van der Waals surface area contributed by atoms with Gasteiger partial charge < -0.3 is 11.5 Å². The lowest BCUT2D eigenvalue weighted by atomic mass is 10.3. The van der Waals surface area contributed by atoms with Crippen LogP contribution in [0.5, 0.6) is 0 Å². The Morgan fingerprint density at radius 1 is 0.944 bits per heavy atom. The molecule has 0 aromatic heterocycles. The molecule has 2 aromatic carbocycles. The summed E-state index contributed by atoms with van der Waals surface area (Å²) in [6.07, 6.45) is 0. The van der Waals surface area contributed by atoms with E-state index in [4.69, 9.17) is 11.5 Å². The highest BCUT2D eigenvalue weighted by Crippen LogP contribution is 2.31. The van der Waals surface area contributed by atoms with E-state index in [-0.39, 0.29) is 15.5 Å². The number of benzene rings is 2. The van der Waals surface area contributed by atoms with Crippen molar-refractivity contribution in [1.29, 1.82) is 0 Å². The van der Waals surface area contributed by atoms with E-state index in [1.165, 1.54) is 24.3 Å². The van der Waals surface area contributed by atoms with Gasteiger partial charge in [-0.3, -0.25) is 0 Å². The van der Waals surface area contributed by atoms with Crippen molar-refractivity contribution in [3.63, 3.8) is 0 Å². The number of halogens is 1. The highest BCUT2D eigenvalue weighted by molar-refractivity contribution is 9.10. The summed E-state index contributed by atoms with van der Waals surface area (Å²) < 4.78 is 25.4. The van der Waals surface area contributed by atoms with Crippen molar-refractivity contribution < 1.29 is 8.42 Å². The third kappa shape index (κ3) is 2.21. The third-order valence-electron chi connectivity index (χ3n) is 2.45. The number of nitrogens with two attached hydrogens (primary N) is 2. The highest BCUT2D eigenvalue weighted by Gasteiger charge is 2.22. The molecule has 18 heavy (non-hydrogen) atoms. The molecule has 0 aliphatic heterocycles. The Morgan fingerprint density at radius 2 is 1.61 bits per heavy atom. The molecule has 0 fully saturated rings. The van der Waals surface area contributed by atoms with Crippen LogP contribution >= 0.6 is 15.9 Å². The molecule has 2 rings (SSSR count). The molecular weight excluding hydrogens is 316 g/mol. The maximum absolute atomic E-state index is 12.4. The van der Waals surface area contributed by atoms with Gasteiger partial charge in [-0.1, -0.05) is 12.1 Å². The van der Waals surface area contributed by atoms with Crippen LogP contribution in [-0.2, 0) is 9.84 Å². The first kappa shape index (κ1) is 12.9. The van der Waals surface area contributed by atoms with E-state index in [1.54, 1.807) is 18.2 Å². The predicted molar refractivity (Wildman–Crippen MR) is 74.9 cm³/mol. The lowest BCUT2D eigenvalue weighted by Crippen LogP contribution is -2.06. The maximum Gasteiger partial charge on any atom is 0.209 e. The van der Waals surface area contributed by atoms with Crippen LogP contribution in [0.2, 0.25) is 0 Å². The van der Waals surface area contributed by atoms with Gasteiger partial charge >= 0.3 is 0 Å². The molecule has 0 amide bonds. The second-order valence-corrected chi connectivity index (χ2v) is 6.47. The zero-order valence-electron chi connectivity index (χ0n) is 9.30. The number of nitrogen functional groups attached to an aromatic ring is 2. The number of sulfone groups is 1. The summed E-state index contributed by atoms with van der Waals surface area (Å²) in [7, 11) is -3.64. The van der Waals surface area contributed by atoms with Gasteiger partial charge in [0.05, 0.1) is 15.5 Å². The number of anilines is 2. The first-order chi connectivity index (χ1) is 8.43. The predicted octanol–water partition coefficient (Wildman–Crippen LogP) is 2.45. The molecule has 0 saturated heterocycles. The van der Waals surface area contributed by atoms with E-state index in [9.17, 15) is 8.42 Å². The van der Waals surface area contributed by atoms with E-state index in [0.717, 1.165) is 0 Å². The van der Waals surface area contributed by atoms with Gasteiger partial charge in [0.25, 0.3) is 0 Å². The molecule has 0 saturated carbocycles. The van der Waals surface area contributed by atoms with Crippen molar-refractivity contribution in [3.05, 3.63) is 46.9 Å². The maximum atomic E-state index is 12.4.